The van der Waals surface area contributed by atoms with Gasteiger partial charge in [0.05, 0.1) is 7.11 Å². The maximum Gasteiger partial charge on any atom is 0.354 e. The molecule has 2 fully saturated rings. The summed E-state index contributed by atoms with van der Waals surface area (Å²) >= 11 is 0. The van der Waals surface area contributed by atoms with Gasteiger partial charge in [0, 0.05) is 49.7 Å². The number of amides is 1. The average Bonchev–Trinajstić information content (AvgIpc) is 3.37. The smallest absolute Gasteiger partial charge is 0.354 e. The van der Waals surface area contributed by atoms with Gasteiger partial charge in [0.15, 0.2) is 0 Å². The summed E-state index contributed by atoms with van der Waals surface area (Å²) in [5.41, 5.74) is 1.36. The predicted octanol–water partition coefficient (Wildman–Crippen LogP) is 3.15. The number of methoxy groups -OCH3 is 1. The quantitative estimate of drug-likeness (QED) is 0.587. The largest absolute Gasteiger partial charge is 0.464 e. The van der Waals surface area contributed by atoms with Crippen LogP contribution in [0.1, 0.15) is 47.8 Å². The van der Waals surface area contributed by atoms with Crippen LogP contribution >= 0.6 is 0 Å². The first-order chi connectivity index (χ1) is 16.4. The van der Waals surface area contributed by atoms with Crippen molar-refractivity contribution in [2.75, 3.05) is 33.3 Å². The SMILES string of the molecule is COC(=O)c1cccn1C1CCN(C(=O)C2CCN(S(=O)(=O)/C=C/c3ccccc3)CC2)CC1. The van der Waals surface area contributed by atoms with Crippen molar-refractivity contribution in [3.63, 3.8) is 0 Å². The summed E-state index contributed by atoms with van der Waals surface area (Å²) in [6.07, 6.45) is 6.08. The molecule has 3 heterocycles. The highest BCUT2D eigenvalue weighted by atomic mass is 32.2. The van der Waals surface area contributed by atoms with Gasteiger partial charge in [0.2, 0.25) is 15.9 Å². The zero-order chi connectivity index (χ0) is 24.1. The molecule has 0 N–H and O–H groups in total. The fourth-order valence-electron chi connectivity index (χ4n) is 4.78. The van der Waals surface area contributed by atoms with Gasteiger partial charge in [-0.1, -0.05) is 30.3 Å². The number of hydrogen-bond donors (Lipinski definition) is 0. The lowest BCUT2D eigenvalue weighted by atomic mass is 9.94. The van der Waals surface area contributed by atoms with Crippen molar-refractivity contribution in [1.29, 1.82) is 0 Å². The predicted molar refractivity (Wildman–Crippen MR) is 129 cm³/mol. The first-order valence-electron chi connectivity index (χ1n) is 11.7. The Kier molecular flexibility index (Phi) is 7.53. The Morgan fingerprint density at radius 2 is 1.62 bits per heavy atom. The summed E-state index contributed by atoms with van der Waals surface area (Å²) in [7, 11) is -2.14. The normalized spacial score (nSPS) is 18.9. The Bertz CT molecular complexity index is 1130. The van der Waals surface area contributed by atoms with Crippen LogP contribution in [0.25, 0.3) is 6.08 Å². The van der Waals surface area contributed by atoms with Gasteiger partial charge in [-0.15, -0.1) is 0 Å². The first-order valence-corrected chi connectivity index (χ1v) is 13.2. The Balaban J connectivity index is 1.28. The van der Waals surface area contributed by atoms with Gasteiger partial charge in [-0.3, -0.25) is 4.79 Å². The Morgan fingerprint density at radius 3 is 2.26 bits per heavy atom. The summed E-state index contributed by atoms with van der Waals surface area (Å²) in [5.74, 6) is -0.404. The minimum absolute atomic E-state index is 0.107. The molecule has 0 bridgehead atoms. The van der Waals surface area contributed by atoms with E-state index in [1.54, 1.807) is 12.1 Å². The third kappa shape index (κ3) is 5.42. The molecule has 2 aliphatic rings. The Hall–Kier alpha value is -2.91. The van der Waals surface area contributed by atoms with Crippen molar-refractivity contribution < 1.29 is 22.7 Å². The van der Waals surface area contributed by atoms with E-state index in [-0.39, 0.29) is 23.8 Å². The van der Waals surface area contributed by atoms with Crippen molar-refractivity contribution in [1.82, 2.24) is 13.8 Å². The summed E-state index contributed by atoms with van der Waals surface area (Å²) in [6, 6.07) is 13.1. The zero-order valence-electron chi connectivity index (χ0n) is 19.4. The van der Waals surface area contributed by atoms with E-state index < -0.39 is 10.0 Å². The third-order valence-corrected chi connectivity index (χ3v) is 8.30. The number of nitrogens with zero attached hydrogens (tertiary/aromatic N) is 3. The number of ether oxygens (including phenoxy) is 1. The van der Waals surface area contributed by atoms with Crippen molar-refractivity contribution in [3.05, 3.63) is 65.3 Å². The van der Waals surface area contributed by atoms with Crippen LogP contribution in [-0.4, -0.2) is 67.4 Å². The van der Waals surface area contributed by atoms with E-state index in [0.29, 0.717) is 44.7 Å². The number of benzene rings is 1. The second kappa shape index (κ2) is 10.6. The molecular weight excluding hydrogens is 454 g/mol. The minimum Gasteiger partial charge on any atom is -0.464 e. The minimum atomic E-state index is -3.51. The van der Waals surface area contributed by atoms with Crippen LogP contribution in [0.2, 0.25) is 0 Å². The van der Waals surface area contributed by atoms with Gasteiger partial charge in [0.25, 0.3) is 0 Å². The lowest BCUT2D eigenvalue weighted by Crippen LogP contribution is -2.46. The topological polar surface area (TPSA) is 88.9 Å². The number of aromatic nitrogens is 1. The maximum atomic E-state index is 13.1. The number of rotatable bonds is 6. The van der Waals surface area contributed by atoms with Gasteiger partial charge in [-0.25, -0.2) is 13.2 Å². The van der Waals surface area contributed by atoms with E-state index in [0.717, 1.165) is 18.4 Å². The van der Waals surface area contributed by atoms with Crippen molar-refractivity contribution >= 4 is 28.0 Å². The van der Waals surface area contributed by atoms with Gasteiger partial charge in [-0.2, -0.15) is 4.31 Å². The Labute approximate surface area is 200 Å². The summed E-state index contributed by atoms with van der Waals surface area (Å²) in [6.45, 7) is 1.95. The number of carbonyl (C=O) groups is 2. The van der Waals surface area contributed by atoms with Crippen molar-refractivity contribution in [2.45, 2.75) is 31.7 Å². The zero-order valence-corrected chi connectivity index (χ0v) is 20.2. The molecule has 182 valence electrons. The van der Waals surface area contributed by atoms with E-state index in [4.69, 9.17) is 4.74 Å². The summed E-state index contributed by atoms with van der Waals surface area (Å²) < 4.78 is 33.6. The molecule has 2 aliphatic heterocycles. The van der Waals surface area contributed by atoms with Gasteiger partial charge < -0.3 is 14.2 Å². The van der Waals surface area contributed by atoms with Crippen LogP contribution in [0.4, 0.5) is 0 Å². The van der Waals surface area contributed by atoms with Crippen LogP contribution in [0.3, 0.4) is 0 Å². The van der Waals surface area contributed by atoms with E-state index in [1.807, 2.05) is 52.1 Å². The van der Waals surface area contributed by atoms with E-state index in [1.165, 1.54) is 16.8 Å². The van der Waals surface area contributed by atoms with Crippen LogP contribution in [0.15, 0.2) is 54.1 Å². The lowest BCUT2D eigenvalue weighted by Gasteiger charge is -2.37. The Morgan fingerprint density at radius 1 is 0.941 bits per heavy atom. The number of carbonyl (C=O) groups excluding carboxylic acids is 2. The first kappa shape index (κ1) is 24.2. The number of sulfonamides is 1. The number of esters is 1. The highest BCUT2D eigenvalue weighted by Gasteiger charge is 2.34. The third-order valence-electron chi connectivity index (χ3n) is 6.74. The van der Waals surface area contributed by atoms with Gasteiger partial charge in [0.1, 0.15) is 5.69 Å². The van der Waals surface area contributed by atoms with Crippen LogP contribution in [0, 0.1) is 5.92 Å². The molecule has 2 aromatic rings. The standard InChI is InChI=1S/C25H31N3O5S/c1-33-25(30)23-8-5-14-28(23)22-11-15-26(16-12-22)24(29)21-9-17-27(18-10-21)34(31,32)19-13-20-6-3-2-4-7-20/h2-8,13-14,19,21-22H,9-12,15-18H2,1H3/b19-13+. The van der Waals surface area contributed by atoms with Crippen molar-refractivity contribution in [3.8, 4) is 0 Å². The molecule has 0 atom stereocenters. The highest BCUT2D eigenvalue weighted by molar-refractivity contribution is 7.92. The molecule has 1 amide bonds. The molecule has 0 aliphatic carbocycles. The second-order valence-electron chi connectivity index (χ2n) is 8.78. The molecule has 34 heavy (non-hydrogen) atoms. The fourth-order valence-corrected chi connectivity index (χ4v) is 6.01. The number of hydrogen-bond acceptors (Lipinski definition) is 5. The van der Waals surface area contributed by atoms with Crippen LogP contribution in [-0.2, 0) is 19.6 Å². The molecular formula is C25H31N3O5S. The molecule has 9 heteroatoms. The monoisotopic (exact) mass is 485 g/mol. The molecule has 2 saturated heterocycles. The molecule has 1 aromatic heterocycles. The molecule has 8 nitrogen and oxygen atoms in total. The average molecular weight is 486 g/mol. The van der Waals surface area contributed by atoms with Gasteiger partial charge >= 0.3 is 5.97 Å². The fraction of sp³-hybridized carbons (Fsp3) is 0.440. The van der Waals surface area contributed by atoms with E-state index in [2.05, 4.69) is 0 Å². The van der Waals surface area contributed by atoms with Crippen LogP contribution < -0.4 is 0 Å². The van der Waals surface area contributed by atoms with Gasteiger partial charge in [-0.05, 0) is 49.5 Å². The molecule has 0 spiro atoms. The highest BCUT2D eigenvalue weighted by Crippen LogP contribution is 2.28. The molecule has 1 aromatic carbocycles. The number of piperidine rings is 2. The van der Waals surface area contributed by atoms with Crippen LogP contribution in [0.5, 0.6) is 0 Å². The molecule has 0 saturated carbocycles. The molecule has 0 unspecified atom stereocenters. The summed E-state index contributed by atoms with van der Waals surface area (Å²) in [5, 5.41) is 1.25. The second-order valence-corrected chi connectivity index (χ2v) is 10.6. The maximum absolute atomic E-state index is 13.1. The van der Waals surface area contributed by atoms with Crippen molar-refractivity contribution in [2.24, 2.45) is 5.92 Å². The summed E-state index contributed by atoms with van der Waals surface area (Å²) in [4.78, 5) is 27.0. The lowest BCUT2D eigenvalue weighted by molar-refractivity contribution is -0.138. The van der Waals surface area contributed by atoms with E-state index >= 15 is 0 Å². The number of likely N-dealkylation sites (tertiary alicyclic amines) is 1. The molecule has 0 radical (unpaired) electrons. The molecule has 4 rings (SSSR count). The van der Waals surface area contributed by atoms with E-state index in [9.17, 15) is 18.0 Å².